The minimum Gasteiger partial charge on any atom is -0.422 e. The highest BCUT2D eigenvalue weighted by Crippen LogP contribution is 2.12. The number of hydrazone groups is 1. The van der Waals surface area contributed by atoms with Gasteiger partial charge in [-0.1, -0.05) is 6.07 Å². The molecule has 3 N–H and O–H groups in total. The molecule has 0 aliphatic heterocycles. The van der Waals surface area contributed by atoms with Crippen molar-refractivity contribution in [1.29, 1.82) is 0 Å². The molecule has 0 amide bonds. The molecule has 0 atom stereocenters. The molecule has 0 aliphatic rings. The number of benzene rings is 1. The maximum Gasteiger partial charge on any atom is 0.362 e. The largest absolute Gasteiger partial charge is 0.422 e. The molecular weight excluding hydrogens is 288 g/mol. The van der Waals surface area contributed by atoms with E-state index in [0.717, 1.165) is 5.56 Å². The van der Waals surface area contributed by atoms with Crippen molar-refractivity contribution >= 4 is 29.5 Å². The zero-order valence-electron chi connectivity index (χ0n) is 10.9. The summed E-state index contributed by atoms with van der Waals surface area (Å²) in [6.07, 6.45) is 3.08. The van der Waals surface area contributed by atoms with Gasteiger partial charge in [-0.3, -0.25) is 5.43 Å². The van der Waals surface area contributed by atoms with Gasteiger partial charge in [0.2, 0.25) is 0 Å². The Kier molecular flexibility index (Phi) is 4.94. The lowest BCUT2D eigenvalue weighted by atomic mass is 10.2. The number of hydrogen-bond donors (Lipinski definition) is 2. The van der Waals surface area contributed by atoms with Crippen LogP contribution in [0.25, 0.3) is 0 Å². The van der Waals surface area contributed by atoms with Crippen molar-refractivity contribution < 1.29 is 9.53 Å². The Bertz CT molecular complexity index is 656. The quantitative estimate of drug-likeness (QED) is 0.292. The first-order chi connectivity index (χ1) is 10.1. The van der Waals surface area contributed by atoms with Gasteiger partial charge in [-0.15, -0.1) is 0 Å². The maximum absolute atomic E-state index is 11.8. The van der Waals surface area contributed by atoms with Crippen LogP contribution in [0.5, 0.6) is 5.75 Å². The van der Waals surface area contributed by atoms with E-state index in [2.05, 4.69) is 27.7 Å². The molecule has 0 radical (unpaired) electrons. The van der Waals surface area contributed by atoms with Crippen molar-refractivity contribution in [2.75, 3.05) is 0 Å². The van der Waals surface area contributed by atoms with Gasteiger partial charge in [0.25, 0.3) is 0 Å². The first-order valence-electron chi connectivity index (χ1n) is 5.97. The third kappa shape index (κ3) is 4.66. The number of aromatic nitrogens is 1. The summed E-state index contributed by atoms with van der Waals surface area (Å²) in [5, 5.41) is 3.91. The van der Waals surface area contributed by atoms with Crippen molar-refractivity contribution in [3.05, 3.63) is 59.9 Å². The predicted octanol–water partition coefficient (Wildman–Crippen LogP) is 1.47. The highest BCUT2D eigenvalue weighted by molar-refractivity contribution is 7.80. The molecule has 106 valence electrons. The average Bonchev–Trinajstić information content (AvgIpc) is 2.49. The third-order valence-electron chi connectivity index (χ3n) is 2.35. The van der Waals surface area contributed by atoms with Crippen LogP contribution < -0.4 is 15.9 Å². The molecule has 0 fully saturated rings. The summed E-state index contributed by atoms with van der Waals surface area (Å²) in [4.78, 5) is 15.7. The second-order valence-electron chi connectivity index (χ2n) is 3.91. The van der Waals surface area contributed by atoms with Crippen LogP contribution in [0, 0.1) is 0 Å². The molecule has 1 aromatic carbocycles. The maximum atomic E-state index is 11.8. The third-order valence-corrected chi connectivity index (χ3v) is 2.44. The summed E-state index contributed by atoms with van der Waals surface area (Å²) in [6.45, 7) is 0. The zero-order chi connectivity index (χ0) is 15.1. The van der Waals surface area contributed by atoms with Gasteiger partial charge in [-0.05, 0) is 54.2 Å². The lowest BCUT2D eigenvalue weighted by molar-refractivity contribution is 0.0728. The van der Waals surface area contributed by atoms with Gasteiger partial charge in [0.15, 0.2) is 5.11 Å². The molecule has 0 bridgehead atoms. The van der Waals surface area contributed by atoms with Gasteiger partial charge < -0.3 is 10.5 Å². The Morgan fingerprint density at radius 2 is 2.05 bits per heavy atom. The highest BCUT2D eigenvalue weighted by atomic mass is 32.1. The minimum atomic E-state index is -0.507. The first-order valence-corrected chi connectivity index (χ1v) is 6.38. The van der Waals surface area contributed by atoms with Gasteiger partial charge in [0.1, 0.15) is 11.4 Å². The fourth-order valence-corrected chi connectivity index (χ4v) is 1.49. The summed E-state index contributed by atoms with van der Waals surface area (Å²) in [5.74, 6) is -0.0859. The molecule has 0 unspecified atom stereocenters. The molecule has 2 aromatic rings. The Balaban J connectivity index is 1.98. The molecule has 0 saturated carbocycles. The summed E-state index contributed by atoms with van der Waals surface area (Å²) >= 11 is 4.62. The molecule has 6 nitrogen and oxygen atoms in total. The van der Waals surface area contributed by atoms with E-state index < -0.39 is 5.97 Å². The van der Waals surface area contributed by atoms with Gasteiger partial charge in [0.05, 0.1) is 6.21 Å². The Hall–Kier alpha value is -2.80. The lowest BCUT2D eigenvalue weighted by Gasteiger charge is -2.03. The van der Waals surface area contributed by atoms with Crippen LogP contribution in [0.15, 0.2) is 53.8 Å². The normalized spacial score (nSPS) is 10.3. The second kappa shape index (κ2) is 7.11. The number of rotatable bonds is 4. The van der Waals surface area contributed by atoms with E-state index in [1.807, 2.05) is 0 Å². The number of carbonyl (C=O) groups is 1. The monoisotopic (exact) mass is 300 g/mol. The van der Waals surface area contributed by atoms with Crippen molar-refractivity contribution in [3.8, 4) is 5.75 Å². The Morgan fingerprint density at radius 1 is 1.29 bits per heavy atom. The summed E-state index contributed by atoms with van der Waals surface area (Å²) < 4.78 is 5.20. The van der Waals surface area contributed by atoms with Crippen molar-refractivity contribution in [2.24, 2.45) is 10.8 Å². The van der Waals surface area contributed by atoms with E-state index in [1.165, 1.54) is 6.20 Å². The zero-order valence-corrected chi connectivity index (χ0v) is 11.7. The Labute approximate surface area is 126 Å². The number of esters is 1. The number of nitrogens with zero attached hydrogens (tertiary/aromatic N) is 2. The van der Waals surface area contributed by atoms with Gasteiger partial charge in [0, 0.05) is 6.20 Å². The number of nitrogens with one attached hydrogen (secondary N) is 1. The van der Waals surface area contributed by atoms with Crippen LogP contribution in [0.4, 0.5) is 0 Å². The standard InChI is InChI=1S/C14H12N4O2S/c15-14(21)18-17-9-10-4-6-11(7-5-10)20-13(19)12-3-1-2-8-16-12/h1-9H,(H3,15,18,21)/b17-9+. The van der Waals surface area contributed by atoms with Gasteiger partial charge >= 0.3 is 5.97 Å². The number of hydrogen-bond acceptors (Lipinski definition) is 5. The van der Waals surface area contributed by atoms with Crippen molar-refractivity contribution in [2.45, 2.75) is 0 Å². The molecule has 1 aromatic heterocycles. The molecule has 0 saturated heterocycles. The Morgan fingerprint density at radius 3 is 2.67 bits per heavy atom. The minimum absolute atomic E-state index is 0.0900. The van der Waals surface area contributed by atoms with Crippen LogP contribution in [0.3, 0.4) is 0 Å². The smallest absolute Gasteiger partial charge is 0.362 e. The molecule has 0 aliphatic carbocycles. The van der Waals surface area contributed by atoms with E-state index in [4.69, 9.17) is 10.5 Å². The van der Waals surface area contributed by atoms with Crippen LogP contribution >= 0.6 is 12.2 Å². The second-order valence-corrected chi connectivity index (χ2v) is 4.35. The van der Waals surface area contributed by atoms with Gasteiger partial charge in [-0.2, -0.15) is 5.10 Å². The molecule has 2 rings (SSSR count). The molecule has 21 heavy (non-hydrogen) atoms. The van der Waals surface area contributed by atoms with Crippen LogP contribution in [-0.4, -0.2) is 22.3 Å². The van der Waals surface area contributed by atoms with E-state index >= 15 is 0 Å². The summed E-state index contributed by atoms with van der Waals surface area (Å²) in [7, 11) is 0. The number of thiocarbonyl (C=S) groups is 1. The molecule has 0 spiro atoms. The van der Waals surface area contributed by atoms with Crippen LogP contribution in [-0.2, 0) is 0 Å². The van der Waals surface area contributed by atoms with E-state index in [0.29, 0.717) is 5.75 Å². The first kappa shape index (κ1) is 14.6. The van der Waals surface area contributed by atoms with Gasteiger partial charge in [-0.25, -0.2) is 9.78 Å². The number of carbonyl (C=O) groups excluding carboxylic acids is 1. The summed E-state index contributed by atoms with van der Waals surface area (Å²) in [5.41, 5.74) is 8.74. The lowest BCUT2D eigenvalue weighted by Crippen LogP contribution is -2.23. The predicted molar refractivity (Wildman–Crippen MR) is 83.2 cm³/mol. The average molecular weight is 300 g/mol. The number of nitrogens with two attached hydrogens (primary N) is 1. The van der Waals surface area contributed by atoms with Crippen molar-refractivity contribution in [1.82, 2.24) is 10.4 Å². The fourth-order valence-electron chi connectivity index (χ4n) is 1.44. The van der Waals surface area contributed by atoms with E-state index in [1.54, 1.807) is 48.7 Å². The van der Waals surface area contributed by atoms with Crippen LogP contribution in [0.1, 0.15) is 16.1 Å². The van der Waals surface area contributed by atoms with E-state index in [9.17, 15) is 4.79 Å². The molecule has 1 heterocycles. The SMILES string of the molecule is NC(=S)N/N=C/c1ccc(OC(=O)c2ccccn2)cc1. The topological polar surface area (TPSA) is 89.6 Å². The molecule has 7 heteroatoms. The molecular formula is C14H12N4O2S. The van der Waals surface area contributed by atoms with Crippen LogP contribution in [0.2, 0.25) is 0 Å². The fraction of sp³-hybridized carbons (Fsp3) is 0. The number of ether oxygens (including phenoxy) is 1. The summed E-state index contributed by atoms with van der Waals surface area (Å²) in [6, 6.07) is 11.8. The van der Waals surface area contributed by atoms with Crippen molar-refractivity contribution in [3.63, 3.8) is 0 Å². The highest BCUT2D eigenvalue weighted by Gasteiger charge is 2.08. The van der Waals surface area contributed by atoms with E-state index in [-0.39, 0.29) is 10.8 Å². The number of pyridine rings is 1.